The Kier molecular flexibility index (Phi) is 5.07. The lowest BCUT2D eigenvalue weighted by Gasteiger charge is -2.36. The van der Waals surface area contributed by atoms with E-state index in [0.717, 1.165) is 25.1 Å². The van der Waals surface area contributed by atoms with Gasteiger partial charge in [-0.25, -0.2) is 0 Å². The number of rotatable bonds is 3. The molecule has 1 aromatic carbocycles. The van der Waals surface area contributed by atoms with Crippen molar-refractivity contribution in [2.24, 2.45) is 11.7 Å². The van der Waals surface area contributed by atoms with Gasteiger partial charge in [0.05, 0.1) is 0 Å². The van der Waals surface area contributed by atoms with E-state index in [2.05, 4.69) is 83.4 Å². The van der Waals surface area contributed by atoms with Crippen LogP contribution in [0.4, 0.5) is 5.69 Å². The average molecular weight is 364 g/mol. The van der Waals surface area contributed by atoms with Crippen LogP contribution in [0.2, 0.25) is 0 Å². The number of benzene rings is 1. The highest BCUT2D eigenvalue weighted by molar-refractivity contribution is 8.03. The zero-order valence-corrected chi connectivity index (χ0v) is 16.0. The largest absolute Gasteiger partial charge is 0.362 e. The van der Waals surface area contributed by atoms with Crippen molar-refractivity contribution in [2.75, 3.05) is 31.6 Å². The van der Waals surface area contributed by atoms with Gasteiger partial charge in [-0.2, -0.15) is 0 Å². The lowest BCUT2D eigenvalue weighted by Crippen LogP contribution is -2.35. The Hall–Kier alpha value is -2.13. The molecule has 134 valence electrons. The van der Waals surface area contributed by atoms with Crippen molar-refractivity contribution in [3.63, 3.8) is 0 Å². The first-order valence-corrected chi connectivity index (χ1v) is 10.1. The van der Waals surface area contributed by atoms with Gasteiger partial charge < -0.3 is 15.5 Å². The highest BCUT2D eigenvalue weighted by Gasteiger charge is 2.29. The number of hydrogen-bond acceptors (Lipinski definition) is 4. The van der Waals surface area contributed by atoms with E-state index >= 15 is 0 Å². The van der Waals surface area contributed by atoms with Crippen LogP contribution in [-0.2, 0) is 0 Å². The number of hydrogen-bond donors (Lipinski definition) is 1. The van der Waals surface area contributed by atoms with E-state index in [0.29, 0.717) is 17.7 Å². The molecule has 0 amide bonds. The fourth-order valence-corrected chi connectivity index (χ4v) is 4.84. The highest BCUT2D eigenvalue weighted by Crippen LogP contribution is 2.39. The molecule has 1 saturated heterocycles. The Morgan fingerprint density at radius 2 is 2.08 bits per heavy atom. The minimum absolute atomic E-state index is 0.517. The number of para-hydroxylation sites is 1. The molecular weight excluding hydrogens is 338 g/mol. The van der Waals surface area contributed by atoms with E-state index in [-0.39, 0.29) is 0 Å². The third kappa shape index (κ3) is 3.41. The van der Waals surface area contributed by atoms with Gasteiger partial charge >= 0.3 is 0 Å². The van der Waals surface area contributed by atoms with Gasteiger partial charge in [0.2, 0.25) is 0 Å². The van der Waals surface area contributed by atoms with Crippen molar-refractivity contribution >= 4 is 23.0 Å². The van der Waals surface area contributed by atoms with Crippen molar-refractivity contribution in [2.45, 2.75) is 11.7 Å². The summed E-state index contributed by atoms with van der Waals surface area (Å²) in [4.78, 5) is 4.63. The molecule has 2 heterocycles. The first-order valence-electron chi connectivity index (χ1n) is 9.24. The summed E-state index contributed by atoms with van der Waals surface area (Å²) in [5.74, 6) is 0.589. The predicted molar refractivity (Wildman–Crippen MR) is 113 cm³/mol. The molecule has 3 nitrogen and oxygen atoms in total. The molecule has 1 aliphatic carbocycles. The van der Waals surface area contributed by atoms with Crippen LogP contribution in [0, 0.1) is 5.92 Å². The molecule has 4 heteroatoms. The standard InChI is InChI=1S/C22H25N3S/c1-24-16-18-7-2-5-10-21(18)26-22(24)15-17-11-14-25(13-6-12-23)20-9-4-3-8-19(17)20/h2-5,7-11,14,18,21H,6,12-13,16,23H2,1H3. The molecule has 2 aliphatic heterocycles. The highest BCUT2D eigenvalue weighted by atomic mass is 32.2. The molecule has 4 rings (SSSR count). The average Bonchev–Trinajstić information content (AvgIpc) is 2.68. The zero-order valence-electron chi connectivity index (χ0n) is 15.1. The lowest BCUT2D eigenvalue weighted by atomic mass is 9.99. The second-order valence-electron chi connectivity index (χ2n) is 6.91. The Morgan fingerprint density at radius 1 is 1.23 bits per heavy atom. The first kappa shape index (κ1) is 17.3. The van der Waals surface area contributed by atoms with Crippen molar-refractivity contribution in [3.8, 4) is 0 Å². The van der Waals surface area contributed by atoms with Crippen LogP contribution >= 0.6 is 11.8 Å². The third-order valence-electron chi connectivity index (χ3n) is 5.04. The lowest BCUT2D eigenvalue weighted by molar-refractivity contribution is 0.378. The molecule has 0 saturated carbocycles. The maximum Gasteiger partial charge on any atom is 0.115 e. The van der Waals surface area contributed by atoms with Crippen molar-refractivity contribution in [1.29, 1.82) is 0 Å². The van der Waals surface area contributed by atoms with E-state index in [4.69, 9.17) is 5.73 Å². The summed E-state index contributed by atoms with van der Waals surface area (Å²) in [5, 5.41) is 1.74. The number of nitrogens with zero attached hydrogens (tertiary/aromatic N) is 2. The summed E-state index contributed by atoms with van der Waals surface area (Å²) in [6, 6.07) is 8.58. The van der Waals surface area contributed by atoms with Gasteiger partial charge in [-0.15, -0.1) is 0 Å². The number of allylic oxidation sites excluding steroid dienone is 4. The quantitative estimate of drug-likeness (QED) is 0.824. The second-order valence-corrected chi connectivity index (χ2v) is 8.08. The minimum atomic E-state index is 0.517. The van der Waals surface area contributed by atoms with E-state index in [1.54, 1.807) is 0 Å². The van der Waals surface area contributed by atoms with Crippen LogP contribution in [0.5, 0.6) is 0 Å². The Balaban J connectivity index is 1.69. The number of anilines is 1. The number of fused-ring (bicyclic) bond motifs is 2. The monoisotopic (exact) mass is 363 g/mol. The summed E-state index contributed by atoms with van der Waals surface area (Å²) in [7, 11) is 2.17. The van der Waals surface area contributed by atoms with Crippen LogP contribution in [0.1, 0.15) is 12.0 Å². The summed E-state index contributed by atoms with van der Waals surface area (Å²) >= 11 is 1.92. The van der Waals surface area contributed by atoms with Crippen LogP contribution in [0.3, 0.4) is 0 Å². The van der Waals surface area contributed by atoms with Crippen molar-refractivity contribution < 1.29 is 0 Å². The van der Waals surface area contributed by atoms with Gasteiger partial charge in [-0.05, 0) is 25.1 Å². The van der Waals surface area contributed by atoms with Gasteiger partial charge in [0, 0.05) is 54.3 Å². The smallest absolute Gasteiger partial charge is 0.115 e. The fourth-order valence-electron chi connectivity index (χ4n) is 3.63. The van der Waals surface area contributed by atoms with E-state index in [1.165, 1.54) is 16.3 Å². The number of thioether (sulfide) groups is 1. The Labute approximate surface area is 160 Å². The third-order valence-corrected chi connectivity index (χ3v) is 6.46. The normalized spacial score (nSPS) is 23.8. The predicted octanol–water partition coefficient (Wildman–Crippen LogP) is 3.98. The van der Waals surface area contributed by atoms with E-state index < -0.39 is 0 Å². The van der Waals surface area contributed by atoms with E-state index in [9.17, 15) is 0 Å². The van der Waals surface area contributed by atoms with Crippen LogP contribution in [-0.4, -0.2) is 36.8 Å². The molecule has 0 radical (unpaired) electrons. The molecule has 0 aromatic heterocycles. The van der Waals surface area contributed by atoms with Gasteiger partial charge in [0.15, 0.2) is 0 Å². The summed E-state index contributed by atoms with van der Waals surface area (Å²) in [6.45, 7) is 2.71. The molecule has 1 fully saturated rings. The Morgan fingerprint density at radius 3 is 2.96 bits per heavy atom. The second kappa shape index (κ2) is 7.63. The summed E-state index contributed by atoms with van der Waals surface area (Å²) < 4.78 is 0. The molecule has 2 N–H and O–H groups in total. The van der Waals surface area contributed by atoms with Gasteiger partial charge in [0.25, 0.3) is 0 Å². The van der Waals surface area contributed by atoms with Gasteiger partial charge in [-0.1, -0.05) is 60.0 Å². The molecular formula is C22H25N3S. The topological polar surface area (TPSA) is 32.5 Å². The van der Waals surface area contributed by atoms with Crippen molar-refractivity contribution in [3.05, 3.63) is 77.2 Å². The summed E-state index contributed by atoms with van der Waals surface area (Å²) in [5.41, 5.74) is 13.0. The SMILES string of the molecule is CN1CC2C=CC=CC2SC1=C=C1C=CN(CCCN)c2ccccc21. The molecule has 3 aliphatic rings. The van der Waals surface area contributed by atoms with Gasteiger partial charge in [-0.3, -0.25) is 0 Å². The maximum absolute atomic E-state index is 5.70. The molecule has 0 bridgehead atoms. The van der Waals surface area contributed by atoms with Crippen LogP contribution in [0.25, 0.3) is 5.57 Å². The van der Waals surface area contributed by atoms with Crippen molar-refractivity contribution in [1.82, 2.24) is 4.90 Å². The first-order chi connectivity index (χ1) is 12.8. The maximum atomic E-state index is 5.70. The molecule has 0 spiro atoms. The van der Waals surface area contributed by atoms with Crippen LogP contribution < -0.4 is 10.6 Å². The van der Waals surface area contributed by atoms with Crippen LogP contribution in [0.15, 0.2) is 71.6 Å². The Bertz CT molecular complexity index is 830. The summed E-state index contributed by atoms with van der Waals surface area (Å²) in [6.07, 6.45) is 14.3. The molecule has 2 unspecified atom stereocenters. The fraction of sp³-hybridized carbons (Fsp3) is 0.318. The zero-order chi connectivity index (χ0) is 17.9. The molecule has 26 heavy (non-hydrogen) atoms. The minimum Gasteiger partial charge on any atom is -0.362 e. The molecule has 1 aromatic rings. The van der Waals surface area contributed by atoms with Gasteiger partial charge in [0.1, 0.15) is 5.03 Å². The molecule has 2 atom stereocenters. The number of nitrogens with two attached hydrogens (primary N) is 1. The van der Waals surface area contributed by atoms with E-state index in [1.807, 2.05) is 11.8 Å².